The van der Waals surface area contributed by atoms with Gasteiger partial charge in [0.2, 0.25) is 5.12 Å². The van der Waals surface area contributed by atoms with Gasteiger partial charge in [0.25, 0.3) is 0 Å². The lowest BCUT2D eigenvalue weighted by atomic mass is 10.3. The summed E-state index contributed by atoms with van der Waals surface area (Å²) >= 11 is 6.50. The van der Waals surface area contributed by atoms with Crippen LogP contribution in [0.4, 0.5) is 0 Å². The Morgan fingerprint density at radius 1 is 1.47 bits per heavy atom. The quantitative estimate of drug-likeness (QED) is 0.471. The van der Waals surface area contributed by atoms with E-state index < -0.39 is 5.12 Å². The van der Waals surface area contributed by atoms with Gasteiger partial charge in [0.05, 0.1) is 0 Å². The zero-order valence-electron chi connectivity index (χ0n) is 12.4. The highest BCUT2D eigenvalue weighted by atomic mass is 35.5. The maximum absolute atomic E-state index is 6.50. The maximum Gasteiger partial charge on any atom is 0.211 e. The van der Waals surface area contributed by atoms with Crippen LogP contribution >= 0.6 is 11.6 Å². The molecule has 2 aliphatic heterocycles. The van der Waals surface area contributed by atoms with Crippen molar-refractivity contribution in [3.05, 3.63) is 11.8 Å². The number of hydrazine groups is 1. The van der Waals surface area contributed by atoms with Crippen LogP contribution in [-0.2, 0) is 0 Å². The first-order valence-corrected chi connectivity index (χ1v) is 6.96. The fourth-order valence-electron chi connectivity index (χ4n) is 2.42. The van der Waals surface area contributed by atoms with E-state index in [4.69, 9.17) is 11.6 Å². The second-order valence-corrected chi connectivity index (χ2v) is 6.09. The Bertz CT molecular complexity index is 407. The average Bonchev–Trinajstić information content (AvgIpc) is 2.68. The summed E-state index contributed by atoms with van der Waals surface area (Å²) in [6.45, 7) is 4.08. The maximum atomic E-state index is 6.50. The third kappa shape index (κ3) is 2.51. The molecule has 1 saturated heterocycles. The molecule has 0 aromatic rings. The van der Waals surface area contributed by atoms with Crippen molar-refractivity contribution in [3.63, 3.8) is 0 Å². The Morgan fingerprint density at radius 2 is 2.16 bits per heavy atom. The molecule has 2 unspecified atom stereocenters. The second-order valence-electron chi connectivity index (χ2n) is 5.53. The van der Waals surface area contributed by atoms with Crippen molar-refractivity contribution in [3.8, 4) is 0 Å². The SMILES string of the molecule is CCC[N+]1(N(C)C)CC2=CC(Cl)(N(C)C)N=CN2N1. The van der Waals surface area contributed by atoms with Gasteiger partial charge in [-0.05, 0) is 26.1 Å². The summed E-state index contributed by atoms with van der Waals surface area (Å²) in [6.07, 6.45) is 4.89. The number of nitrogens with zero attached hydrogens (tertiary/aromatic N) is 5. The lowest BCUT2D eigenvalue weighted by Gasteiger charge is -2.36. The van der Waals surface area contributed by atoms with Gasteiger partial charge in [-0.25, -0.2) is 10.0 Å². The largest absolute Gasteiger partial charge is 0.269 e. The number of likely N-dealkylation sites (N-methyl/N-ethyl adjacent to an activating group) is 1. The molecule has 0 aromatic carbocycles. The van der Waals surface area contributed by atoms with Crippen LogP contribution in [0, 0.1) is 0 Å². The van der Waals surface area contributed by atoms with Gasteiger partial charge in [-0.2, -0.15) is 0 Å². The molecule has 2 heterocycles. The summed E-state index contributed by atoms with van der Waals surface area (Å²) in [7, 11) is 8.02. The first-order valence-electron chi connectivity index (χ1n) is 6.58. The van der Waals surface area contributed by atoms with Crippen molar-refractivity contribution in [1.82, 2.24) is 20.5 Å². The van der Waals surface area contributed by atoms with E-state index in [1.807, 2.05) is 30.1 Å². The van der Waals surface area contributed by atoms with Crippen LogP contribution in [0.15, 0.2) is 16.8 Å². The standard InChI is InChI=1S/C12H24ClN6/c1-6-7-19(17(4)5)9-11-8-12(13,16(2)3)14-10-18(11)15-19/h8,10,15H,6-7,9H2,1-5H3/q+1. The molecule has 6 nitrogen and oxygen atoms in total. The zero-order chi connectivity index (χ0) is 14.3. The molecule has 7 heteroatoms. The highest BCUT2D eigenvalue weighted by molar-refractivity contribution is 6.25. The van der Waals surface area contributed by atoms with Gasteiger partial charge in [-0.3, -0.25) is 4.90 Å². The van der Waals surface area contributed by atoms with Crippen LogP contribution in [-0.4, -0.2) is 72.4 Å². The lowest BCUT2D eigenvalue weighted by Crippen LogP contribution is -2.64. The molecule has 19 heavy (non-hydrogen) atoms. The van der Waals surface area contributed by atoms with E-state index in [9.17, 15) is 0 Å². The Hall–Kier alpha value is -0.660. The molecule has 2 aliphatic rings. The fourth-order valence-corrected chi connectivity index (χ4v) is 2.59. The van der Waals surface area contributed by atoms with Gasteiger partial charge in [-0.1, -0.05) is 18.5 Å². The molecule has 0 radical (unpaired) electrons. The zero-order valence-corrected chi connectivity index (χ0v) is 13.1. The van der Waals surface area contributed by atoms with E-state index in [-0.39, 0.29) is 0 Å². The molecule has 108 valence electrons. The average molecular weight is 288 g/mol. The van der Waals surface area contributed by atoms with E-state index >= 15 is 0 Å². The molecule has 1 N–H and O–H groups in total. The highest BCUT2D eigenvalue weighted by Crippen LogP contribution is 2.31. The first-order chi connectivity index (χ1) is 8.83. The van der Waals surface area contributed by atoms with Crippen molar-refractivity contribution in [2.45, 2.75) is 18.5 Å². The minimum absolute atomic E-state index is 0.689. The third-order valence-electron chi connectivity index (χ3n) is 3.72. The summed E-state index contributed by atoms with van der Waals surface area (Å²) < 4.78 is 0.689. The van der Waals surface area contributed by atoms with Crippen LogP contribution in [0.25, 0.3) is 0 Å². The predicted octanol–water partition coefficient (Wildman–Crippen LogP) is 0.805. The minimum Gasteiger partial charge on any atom is -0.269 e. The van der Waals surface area contributed by atoms with Gasteiger partial charge in [0.15, 0.2) is 6.54 Å². The van der Waals surface area contributed by atoms with Gasteiger partial charge in [0, 0.05) is 20.2 Å². The number of quaternary nitrogens is 1. The second kappa shape index (κ2) is 5.03. The van der Waals surface area contributed by atoms with Gasteiger partial charge < -0.3 is 0 Å². The number of hydrogen-bond donors (Lipinski definition) is 1. The van der Waals surface area contributed by atoms with E-state index in [0.717, 1.165) is 25.2 Å². The number of alkyl halides is 1. The summed E-state index contributed by atoms with van der Waals surface area (Å²) in [4.78, 5) is 6.31. The van der Waals surface area contributed by atoms with Gasteiger partial charge in [-0.15, -0.1) is 9.71 Å². The molecule has 0 aromatic heterocycles. The van der Waals surface area contributed by atoms with Crippen LogP contribution in [0.2, 0.25) is 0 Å². The van der Waals surface area contributed by atoms with Crippen LogP contribution < -0.4 is 5.53 Å². The summed E-state index contributed by atoms with van der Waals surface area (Å²) in [6, 6.07) is 0. The van der Waals surface area contributed by atoms with E-state index in [2.05, 4.69) is 36.6 Å². The van der Waals surface area contributed by atoms with Gasteiger partial charge >= 0.3 is 0 Å². The van der Waals surface area contributed by atoms with E-state index in [0.29, 0.717) is 4.70 Å². The predicted molar refractivity (Wildman–Crippen MR) is 77.8 cm³/mol. The molecule has 0 amide bonds. The molecule has 0 saturated carbocycles. The molecule has 1 fully saturated rings. The molecule has 2 rings (SSSR count). The van der Waals surface area contributed by atoms with Crippen molar-refractivity contribution >= 4 is 17.9 Å². The van der Waals surface area contributed by atoms with Crippen molar-refractivity contribution in [2.24, 2.45) is 4.99 Å². The smallest absolute Gasteiger partial charge is 0.211 e. The molecule has 0 aliphatic carbocycles. The van der Waals surface area contributed by atoms with Gasteiger partial charge in [0.1, 0.15) is 18.6 Å². The van der Waals surface area contributed by atoms with E-state index in [1.165, 1.54) is 0 Å². The number of nitrogens with one attached hydrogen (secondary N) is 1. The Morgan fingerprint density at radius 3 is 2.68 bits per heavy atom. The highest BCUT2D eigenvalue weighted by Gasteiger charge is 2.45. The Kier molecular flexibility index (Phi) is 3.90. The number of fused-ring (bicyclic) bond motifs is 1. The molecule has 0 bridgehead atoms. The number of rotatable bonds is 4. The van der Waals surface area contributed by atoms with Crippen LogP contribution in [0.3, 0.4) is 0 Å². The van der Waals surface area contributed by atoms with Crippen molar-refractivity contribution in [1.29, 1.82) is 0 Å². The van der Waals surface area contributed by atoms with E-state index in [1.54, 1.807) is 6.34 Å². The van der Waals surface area contributed by atoms with Crippen LogP contribution in [0.5, 0.6) is 0 Å². The molecular weight excluding hydrogens is 264 g/mol. The number of hydrogen-bond acceptors (Lipinski definition) is 5. The fraction of sp³-hybridized carbons (Fsp3) is 0.750. The topological polar surface area (TPSA) is 34.1 Å². The summed E-state index contributed by atoms with van der Waals surface area (Å²) in [5.41, 5.74) is 4.64. The number of halogens is 1. The summed E-state index contributed by atoms with van der Waals surface area (Å²) in [5.74, 6) is 0. The molecular formula is C12H24ClN6+. The minimum atomic E-state index is -0.772. The van der Waals surface area contributed by atoms with Crippen molar-refractivity contribution < 1.29 is 4.70 Å². The Labute approximate surface area is 120 Å². The van der Waals surface area contributed by atoms with Crippen LogP contribution in [0.1, 0.15) is 13.3 Å². The summed E-state index contributed by atoms with van der Waals surface area (Å²) in [5, 5.41) is 3.38. The third-order valence-corrected chi connectivity index (χ3v) is 4.26. The van der Waals surface area contributed by atoms with Crippen molar-refractivity contribution in [2.75, 3.05) is 41.3 Å². The lowest BCUT2D eigenvalue weighted by molar-refractivity contribution is -1.06. The first kappa shape index (κ1) is 14.7. The molecule has 0 spiro atoms. The Balaban J connectivity index is 2.28. The molecule has 2 atom stereocenters. The number of aliphatic imine (C=N–C) groups is 1. The monoisotopic (exact) mass is 287 g/mol. The normalized spacial score (nSPS) is 34.1.